The Kier molecular flexibility index (Phi) is 4.13. The van der Waals surface area contributed by atoms with Crippen molar-refractivity contribution < 1.29 is 14.3 Å². The summed E-state index contributed by atoms with van der Waals surface area (Å²) in [7, 11) is 0. The average molecular weight is 294 g/mol. The SMILES string of the molecule is C=C1NC(=O)NC(c2sccc2C)C1C(=O)OC(C)C. The van der Waals surface area contributed by atoms with Gasteiger partial charge in [0.15, 0.2) is 0 Å². The number of carbonyl (C=O) groups is 2. The van der Waals surface area contributed by atoms with Gasteiger partial charge in [0.2, 0.25) is 0 Å². The monoisotopic (exact) mass is 294 g/mol. The van der Waals surface area contributed by atoms with Crippen molar-refractivity contribution in [2.24, 2.45) is 5.92 Å². The minimum absolute atomic E-state index is 0.210. The zero-order valence-electron chi connectivity index (χ0n) is 11.7. The number of rotatable bonds is 3. The minimum atomic E-state index is -0.618. The van der Waals surface area contributed by atoms with E-state index in [0.717, 1.165) is 10.4 Å². The smallest absolute Gasteiger partial charge is 0.319 e. The van der Waals surface area contributed by atoms with E-state index in [9.17, 15) is 9.59 Å². The maximum atomic E-state index is 12.3. The standard InChI is InChI=1S/C14H18N2O3S/c1-7(2)19-13(17)10-9(4)15-14(18)16-11(10)12-8(3)5-6-20-12/h5-7,10-11H,4H2,1-3H3,(H2,15,16,18). The van der Waals surface area contributed by atoms with E-state index in [4.69, 9.17) is 4.74 Å². The van der Waals surface area contributed by atoms with E-state index in [2.05, 4.69) is 17.2 Å². The number of aryl methyl sites for hydroxylation is 1. The predicted molar refractivity (Wildman–Crippen MR) is 77.3 cm³/mol. The molecule has 1 saturated heterocycles. The van der Waals surface area contributed by atoms with Crippen molar-refractivity contribution in [1.82, 2.24) is 10.6 Å². The first kappa shape index (κ1) is 14.6. The number of nitrogens with one attached hydrogen (secondary N) is 2. The summed E-state index contributed by atoms with van der Waals surface area (Å²) in [4.78, 5) is 24.9. The summed E-state index contributed by atoms with van der Waals surface area (Å²) in [6, 6.07) is 1.19. The highest BCUT2D eigenvalue weighted by Gasteiger charge is 2.40. The molecule has 2 N–H and O–H groups in total. The summed E-state index contributed by atoms with van der Waals surface area (Å²) < 4.78 is 5.28. The average Bonchev–Trinajstić information content (AvgIpc) is 2.72. The van der Waals surface area contributed by atoms with Crippen molar-refractivity contribution >= 4 is 23.3 Å². The summed E-state index contributed by atoms with van der Waals surface area (Å²) in [6.07, 6.45) is -0.210. The largest absolute Gasteiger partial charge is 0.462 e. The highest BCUT2D eigenvalue weighted by atomic mass is 32.1. The summed E-state index contributed by atoms with van der Waals surface area (Å²) in [5.41, 5.74) is 1.41. The van der Waals surface area contributed by atoms with Crippen LogP contribution in [0.15, 0.2) is 23.7 Å². The van der Waals surface area contributed by atoms with Gasteiger partial charge in [-0.15, -0.1) is 11.3 Å². The number of urea groups is 1. The second-order valence-electron chi connectivity index (χ2n) is 5.03. The van der Waals surface area contributed by atoms with Crippen molar-refractivity contribution in [2.45, 2.75) is 32.9 Å². The Bertz CT molecular complexity index is 550. The Morgan fingerprint density at radius 3 is 2.75 bits per heavy atom. The van der Waals surface area contributed by atoms with Gasteiger partial charge < -0.3 is 15.4 Å². The van der Waals surface area contributed by atoms with Crippen LogP contribution < -0.4 is 10.6 Å². The molecule has 1 aromatic rings. The summed E-state index contributed by atoms with van der Waals surface area (Å²) in [5.74, 6) is -0.997. The lowest BCUT2D eigenvalue weighted by atomic mass is 9.92. The van der Waals surface area contributed by atoms with Gasteiger partial charge in [-0.25, -0.2) is 4.79 Å². The highest BCUT2D eigenvalue weighted by Crippen LogP contribution is 2.35. The van der Waals surface area contributed by atoms with Gasteiger partial charge in [0, 0.05) is 10.6 Å². The van der Waals surface area contributed by atoms with Crippen LogP contribution in [0.3, 0.4) is 0 Å². The molecular weight excluding hydrogens is 276 g/mol. The van der Waals surface area contributed by atoms with Crippen LogP contribution >= 0.6 is 11.3 Å². The molecule has 0 saturated carbocycles. The van der Waals surface area contributed by atoms with Crippen LogP contribution in [0.1, 0.15) is 30.3 Å². The molecule has 2 amide bonds. The molecule has 0 bridgehead atoms. The van der Waals surface area contributed by atoms with Crippen LogP contribution in [0.25, 0.3) is 0 Å². The van der Waals surface area contributed by atoms with Gasteiger partial charge in [-0.2, -0.15) is 0 Å². The van der Waals surface area contributed by atoms with E-state index >= 15 is 0 Å². The number of ether oxygens (including phenoxy) is 1. The molecule has 108 valence electrons. The van der Waals surface area contributed by atoms with Crippen molar-refractivity contribution in [3.05, 3.63) is 34.2 Å². The first-order chi connectivity index (χ1) is 9.40. The third-order valence-corrected chi connectivity index (χ3v) is 4.16. The maximum absolute atomic E-state index is 12.3. The Hall–Kier alpha value is -1.82. The third-order valence-electron chi connectivity index (χ3n) is 3.06. The molecule has 2 heterocycles. The second-order valence-corrected chi connectivity index (χ2v) is 5.98. The highest BCUT2D eigenvalue weighted by molar-refractivity contribution is 7.10. The summed E-state index contributed by atoms with van der Waals surface area (Å²) >= 11 is 1.51. The molecule has 5 nitrogen and oxygen atoms in total. The van der Waals surface area contributed by atoms with Gasteiger partial charge in [-0.05, 0) is 37.8 Å². The normalized spacial score (nSPS) is 22.4. The molecule has 2 unspecified atom stereocenters. The van der Waals surface area contributed by atoms with Gasteiger partial charge in [-0.1, -0.05) is 6.58 Å². The Morgan fingerprint density at radius 2 is 2.20 bits per heavy atom. The molecule has 1 aliphatic heterocycles. The van der Waals surface area contributed by atoms with Gasteiger partial charge in [-0.3, -0.25) is 4.79 Å². The van der Waals surface area contributed by atoms with Gasteiger partial charge in [0.05, 0.1) is 12.1 Å². The Balaban J connectivity index is 2.33. The van der Waals surface area contributed by atoms with Crippen molar-refractivity contribution in [3.8, 4) is 0 Å². The quantitative estimate of drug-likeness (QED) is 0.842. The van der Waals surface area contributed by atoms with Crippen molar-refractivity contribution in [1.29, 1.82) is 0 Å². The van der Waals surface area contributed by atoms with Gasteiger partial charge >= 0.3 is 12.0 Å². The van der Waals surface area contributed by atoms with Gasteiger partial charge in [0.1, 0.15) is 5.92 Å². The molecule has 20 heavy (non-hydrogen) atoms. The van der Waals surface area contributed by atoms with Crippen molar-refractivity contribution in [2.75, 3.05) is 0 Å². The fourth-order valence-electron chi connectivity index (χ4n) is 2.19. The molecule has 1 aliphatic rings. The van der Waals surface area contributed by atoms with E-state index in [0.29, 0.717) is 5.70 Å². The summed E-state index contributed by atoms with van der Waals surface area (Å²) in [6.45, 7) is 9.33. The third kappa shape index (κ3) is 2.85. The number of thiophene rings is 1. The lowest BCUT2D eigenvalue weighted by Crippen LogP contribution is -2.51. The number of amides is 2. The topological polar surface area (TPSA) is 67.4 Å². The predicted octanol–water partition coefficient (Wildman–Crippen LogP) is 2.49. The van der Waals surface area contributed by atoms with E-state index in [1.54, 1.807) is 13.8 Å². The first-order valence-electron chi connectivity index (χ1n) is 6.41. The number of esters is 1. The molecule has 1 fully saturated rings. The molecule has 1 aromatic heterocycles. The van der Waals surface area contributed by atoms with Crippen LogP contribution in [0, 0.1) is 12.8 Å². The molecule has 6 heteroatoms. The number of hydrogen-bond acceptors (Lipinski definition) is 4. The van der Waals surface area contributed by atoms with Crippen LogP contribution in [-0.2, 0) is 9.53 Å². The fourth-order valence-corrected chi connectivity index (χ4v) is 3.20. The lowest BCUT2D eigenvalue weighted by molar-refractivity contribution is -0.152. The first-order valence-corrected chi connectivity index (χ1v) is 7.29. The van der Waals surface area contributed by atoms with Gasteiger partial charge in [0.25, 0.3) is 0 Å². The number of carbonyl (C=O) groups excluding carboxylic acids is 2. The number of hydrogen-bond donors (Lipinski definition) is 2. The van der Waals surface area contributed by atoms with E-state index in [1.165, 1.54) is 11.3 Å². The Morgan fingerprint density at radius 1 is 1.50 bits per heavy atom. The lowest BCUT2D eigenvalue weighted by Gasteiger charge is -2.33. The molecular formula is C14H18N2O3S. The van der Waals surface area contributed by atoms with Crippen LogP contribution in [0.4, 0.5) is 4.79 Å². The van der Waals surface area contributed by atoms with E-state index < -0.39 is 12.0 Å². The molecule has 2 rings (SSSR count). The minimum Gasteiger partial charge on any atom is -0.462 e. The van der Waals surface area contributed by atoms with Crippen molar-refractivity contribution in [3.63, 3.8) is 0 Å². The van der Waals surface area contributed by atoms with Crippen LogP contribution in [0.5, 0.6) is 0 Å². The Labute approximate surface area is 122 Å². The second kappa shape index (κ2) is 5.66. The van der Waals surface area contributed by atoms with E-state index in [1.807, 2.05) is 18.4 Å². The maximum Gasteiger partial charge on any atom is 0.319 e. The molecule has 0 radical (unpaired) electrons. The van der Waals surface area contributed by atoms with Crippen LogP contribution in [-0.4, -0.2) is 18.1 Å². The molecule has 0 aliphatic carbocycles. The molecule has 0 aromatic carbocycles. The summed E-state index contributed by atoms with van der Waals surface area (Å²) in [5, 5.41) is 7.28. The fraction of sp³-hybridized carbons (Fsp3) is 0.429. The van der Waals surface area contributed by atoms with E-state index in [-0.39, 0.29) is 18.1 Å². The zero-order chi connectivity index (χ0) is 14.9. The molecule has 2 atom stereocenters. The molecule has 0 spiro atoms. The van der Waals surface area contributed by atoms with Crippen LogP contribution in [0.2, 0.25) is 0 Å². The zero-order valence-corrected chi connectivity index (χ0v) is 12.5.